The second-order valence-corrected chi connectivity index (χ2v) is 5.10. The number of hydrogen-bond donors (Lipinski definition) is 4. The smallest absolute Gasteiger partial charge is 0.305 e. The first-order valence-corrected chi connectivity index (χ1v) is 6.52. The number of carbonyl (C=O) groups is 1. The molecule has 0 radical (unpaired) electrons. The summed E-state index contributed by atoms with van der Waals surface area (Å²) in [6, 6.07) is 8.88. The Morgan fingerprint density at radius 2 is 1.83 bits per heavy atom. The lowest BCUT2D eigenvalue weighted by Gasteiger charge is -2.24. The van der Waals surface area contributed by atoms with Crippen LogP contribution >= 0.6 is 0 Å². The van der Waals surface area contributed by atoms with Crippen molar-refractivity contribution < 1.29 is 17.8 Å². The first-order valence-electron chi connectivity index (χ1n) is 5.02. The Bertz CT molecular complexity index is 582. The predicted molar refractivity (Wildman–Crippen MR) is 64.8 cm³/mol. The van der Waals surface area contributed by atoms with Crippen LogP contribution in [-0.2, 0) is 14.9 Å². The zero-order valence-electron chi connectivity index (χ0n) is 9.12. The number of benzene rings is 1. The molecule has 0 aliphatic carbocycles. The summed E-state index contributed by atoms with van der Waals surface area (Å²) in [4.78, 5) is 11.3. The van der Waals surface area contributed by atoms with Gasteiger partial charge in [0.2, 0.25) is 11.4 Å². The standard InChI is InChI=1S/C10H11N3O4S/c14-9-6-8(11-7-4-2-1-3-5-7)12-10(13-9)18(15,16)17/h1-6,10-12H,(H,13,14)(H,15,16,17). The minimum Gasteiger partial charge on any atom is -0.342 e. The van der Waals surface area contributed by atoms with E-state index in [0.29, 0.717) is 5.69 Å². The Hall–Kier alpha value is -2.06. The Balaban J connectivity index is 2.16. The second-order valence-electron chi connectivity index (χ2n) is 3.60. The van der Waals surface area contributed by atoms with E-state index >= 15 is 0 Å². The van der Waals surface area contributed by atoms with E-state index in [1.807, 2.05) is 6.07 Å². The van der Waals surface area contributed by atoms with Gasteiger partial charge in [0, 0.05) is 11.8 Å². The lowest BCUT2D eigenvalue weighted by Crippen LogP contribution is -2.53. The molecule has 1 unspecified atom stereocenters. The van der Waals surface area contributed by atoms with Crippen LogP contribution in [-0.4, -0.2) is 24.4 Å². The third kappa shape index (κ3) is 2.99. The second kappa shape index (κ2) is 4.67. The number of hydrogen-bond acceptors (Lipinski definition) is 5. The number of amides is 1. The van der Waals surface area contributed by atoms with Crippen LogP contribution in [0.3, 0.4) is 0 Å². The average molecular weight is 269 g/mol. The lowest BCUT2D eigenvalue weighted by atomic mass is 10.3. The summed E-state index contributed by atoms with van der Waals surface area (Å²) in [7, 11) is -4.41. The summed E-state index contributed by atoms with van der Waals surface area (Å²) < 4.78 is 30.8. The Labute approximate surface area is 104 Å². The molecule has 18 heavy (non-hydrogen) atoms. The number of nitrogens with one attached hydrogen (secondary N) is 3. The summed E-state index contributed by atoms with van der Waals surface area (Å²) in [5, 5.41) is 7.35. The highest BCUT2D eigenvalue weighted by atomic mass is 32.2. The highest BCUT2D eigenvalue weighted by Crippen LogP contribution is 2.10. The number of carbonyl (C=O) groups excluding carboxylic acids is 1. The van der Waals surface area contributed by atoms with Crippen LogP contribution in [0.2, 0.25) is 0 Å². The third-order valence-corrected chi connectivity index (χ3v) is 3.02. The van der Waals surface area contributed by atoms with Crippen LogP contribution in [0.1, 0.15) is 0 Å². The first-order chi connectivity index (χ1) is 8.45. The van der Waals surface area contributed by atoms with Crippen LogP contribution in [0.15, 0.2) is 42.2 Å². The van der Waals surface area contributed by atoms with Gasteiger partial charge in [0.05, 0.1) is 0 Å². The van der Waals surface area contributed by atoms with Gasteiger partial charge in [0.1, 0.15) is 5.82 Å². The summed E-state index contributed by atoms with van der Waals surface area (Å²) in [5.74, 6) is -0.428. The van der Waals surface area contributed by atoms with Gasteiger partial charge in [-0.2, -0.15) is 8.42 Å². The molecule has 7 nitrogen and oxygen atoms in total. The van der Waals surface area contributed by atoms with Crippen LogP contribution in [0.4, 0.5) is 5.69 Å². The Kier molecular flexibility index (Phi) is 3.21. The van der Waals surface area contributed by atoms with Gasteiger partial charge in [0.25, 0.3) is 0 Å². The molecule has 96 valence electrons. The van der Waals surface area contributed by atoms with Crippen LogP contribution in [0, 0.1) is 0 Å². The fraction of sp³-hybridized carbons (Fsp3) is 0.100. The summed E-state index contributed by atoms with van der Waals surface area (Å²) in [5.41, 5.74) is -0.874. The predicted octanol–water partition coefficient (Wildman–Crippen LogP) is -0.169. The molecule has 1 aromatic rings. The molecule has 0 spiro atoms. The molecule has 0 aromatic heterocycles. The van der Waals surface area contributed by atoms with Gasteiger partial charge < -0.3 is 16.0 Å². The largest absolute Gasteiger partial charge is 0.342 e. The lowest BCUT2D eigenvalue weighted by molar-refractivity contribution is -0.117. The normalized spacial score (nSPS) is 19.5. The van der Waals surface area contributed by atoms with Gasteiger partial charge in [0.15, 0.2) is 0 Å². The maximum absolute atomic E-state index is 11.3. The van der Waals surface area contributed by atoms with Crippen molar-refractivity contribution in [1.82, 2.24) is 10.6 Å². The molecule has 1 aliphatic rings. The SMILES string of the molecule is O=C1C=C(Nc2ccccc2)NC(S(=O)(=O)O)N1. The molecule has 8 heteroatoms. The third-order valence-electron chi connectivity index (χ3n) is 2.19. The van der Waals surface area contributed by atoms with Crippen molar-refractivity contribution in [3.05, 3.63) is 42.2 Å². The Morgan fingerprint density at radius 1 is 1.17 bits per heavy atom. The van der Waals surface area contributed by atoms with E-state index in [0.717, 1.165) is 6.08 Å². The van der Waals surface area contributed by atoms with Crippen molar-refractivity contribution in [2.24, 2.45) is 0 Å². The van der Waals surface area contributed by atoms with Crippen molar-refractivity contribution in [1.29, 1.82) is 0 Å². The zero-order valence-corrected chi connectivity index (χ0v) is 9.94. The van der Waals surface area contributed by atoms with Gasteiger partial charge in [-0.15, -0.1) is 0 Å². The fourth-order valence-electron chi connectivity index (χ4n) is 1.42. The van der Waals surface area contributed by atoms with E-state index < -0.39 is 21.5 Å². The van der Waals surface area contributed by atoms with Crippen molar-refractivity contribution in [2.45, 2.75) is 5.50 Å². The zero-order chi connectivity index (χ0) is 13.2. The van der Waals surface area contributed by atoms with Gasteiger partial charge in [-0.25, -0.2) is 0 Å². The van der Waals surface area contributed by atoms with E-state index in [1.54, 1.807) is 24.3 Å². The van der Waals surface area contributed by atoms with Crippen molar-refractivity contribution >= 4 is 21.7 Å². The minimum atomic E-state index is -4.41. The quantitative estimate of drug-likeness (QED) is 0.567. The number of rotatable bonds is 3. The summed E-state index contributed by atoms with van der Waals surface area (Å²) in [6.45, 7) is 0. The van der Waals surface area contributed by atoms with E-state index in [2.05, 4.69) is 16.0 Å². The average Bonchev–Trinajstić information content (AvgIpc) is 2.28. The molecular weight excluding hydrogens is 258 g/mol. The van der Waals surface area contributed by atoms with Crippen molar-refractivity contribution in [2.75, 3.05) is 5.32 Å². The van der Waals surface area contributed by atoms with Crippen molar-refractivity contribution in [3.8, 4) is 0 Å². The van der Waals surface area contributed by atoms with Crippen LogP contribution < -0.4 is 16.0 Å². The van der Waals surface area contributed by atoms with Gasteiger partial charge in [-0.05, 0) is 12.1 Å². The van der Waals surface area contributed by atoms with Crippen molar-refractivity contribution in [3.63, 3.8) is 0 Å². The van der Waals surface area contributed by atoms with Gasteiger partial charge in [-0.3, -0.25) is 9.35 Å². The van der Waals surface area contributed by atoms with Crippen LogP contribution in [0.25, 0.3) is 0 Å². The topological polar surface area (TPSA) is 108 Å². The maximum atomic E-state index is 11.3. The van der Waals surface area contributed by atoms with Crippen LogP contribution in [0.5, 0.6) is 0 Å². The molecule has 1 amide bonds. The molecule has 4 N–H and O–H groups in total. The molecule has 2 rings (SSSR count). The fourth-order valence-corrected chi connectivity index (χ4v) is 1.96. The molecular formula is C10H11N3O4S. The molecule has 0 saturated carbocycles. The van der Waals surface area contributed by atoms with Gasteiger partial charge in [-0.1, -0.05) is 18.2 Å². The van der Waals surface area contributed by atoms with E-state index in [9.17, 15) is 13.2 Å². The summed E-state index contributed by atoms with van der Waals surface area (Å²) >= 11 is 0. The molecule has 0 saturated heterocycles. The van der Waals surface area contributed by atoms with E-state index in [4.69, 9.17) is 4.55 Å². The van der Waals surface area contributed by atoms with E-state index in [-0.39, 0.29) is 5.82 Å². The van der Waals surface area contributed by atoms with E-state index in [1.165, 1.54) is 0 Å². The highest BCUT2D eigenvalue weighted by molar-refractivity contribution is 7.86. The number of anilines is 1. The molecule has 0 fully saturated rings. The monoisotopic (exact) mass is 269 g/mol. The van der Waals surface area contributed by atoms with Gasteiger partial charge >= 0.3 is 10.1 Å². The molecule has 0 bridgehead atoms. The molecule has 1 atom stereocenters. The molecule has 1 heterocycles. The highest BCUT2D eigenvalue weighted by Gasteiger charge is 2.28. The first kappa shape index (κ1) is 12.4. The minimum absolute atomic E-state index is 0.188. The number of para-hydroxylation sites is 1. The Morgan fingerprint density at radius 3 is 2.44 bits per heavy atom. The maximum Gasteiger partial charge on any atom is 0.305 e. The molecule has 1 aliphatic heterocycles. The summed E-state index contributed by atoms with van der Waals surface area (Å²) in [6.07, 6.45) is 1.16. The molecule has 1 aromatic carbocycles.